The average molecular weight is 352 g/mol. The Bertz CT molecular complexity index is 844. The fourth-order valence-electron chi connectivity index (χ4n) is 2.56. The number of benzene rings is 2. The first kappa shape index (κ1) is 17.3. The summed E-state index contributed by atoms with van der Waals surface area (Å²) >= 11 is 1.41. The van der Waals surface area contributed by atoms with Gasteiger partial charge in [-0.05, 0) is 61.0 Å². The van der Waals surface area contributed by atoms with Crippen LogP contribution in [0.1, 0.15) is 18.1 Å². The Morgan fingerprint density at radius 1 is 1.20 bits per heavy atom. The maximum absolute atomic E-state index is 12.7. The normalized spacial score (nSPS) is 17.6. The third-order valence-electron chi connectivity index (χ3n) is 3.92. The molecule has 0 spiro atoms. The number of hydrogen-bond donors (Lipinski definition) is 0. The van der Waals surface area contributed by atoms with Gasteiger partial charge in [-0.1, -0.05) is 30.3 Å². The number of likely N-dealkylation sites (N-methyl/N-ethyl adjacent to an activating group) is 1. The molecule has 1 aliphatic heterocycles. The number of carbonyl (C=O) groups excluding carboxylic acids is 1. The van der Waals surface area contributed by atoms with Crippen molar-refractivity contribution >= 4 is 34.6 Å². The monoisotopic (exact) mass is 352 g/mol. The van der Waals surface area contributed by atoms with E-state index in [0.717, 1.165) is 22.6 Å². The molecule has 25 heavy (non-hydrogen) atoms. The Morgan fingerprint density at radius 2 is 1.96 bits per heavy atom. The molecule has 3 rings (SSSR count). The second-order valence-electron chi connectivity index (χ2n) is 5.62. The third-order valence-corrected chi connectivity index (χ3v) is 4.92. The van der Waals surface area contributed by atoms with Gasteiger partial charge in [-0.2, -0.15) is 0 Å². The summed E-state index contributed by atoms with van der Waals surface area (Å²) in [5, 5.41) is 0.712. The second-order valence-corrected chi connectivity index (χ2v) is 6.63. The molecular weight excluding hydrogens is 332 g/mol. The summed E-state index contributed by atoms with van der Waals surface area (Å²) < 4.78 is 5.36. The van der Waals surface area contributed by atoms with E-state index in [2.05, 4.69) is 4.99 Å². The van der Waals surface area contributed by atoms with Gasteiger partial charge in [-0.15, -0.1) is 0 Å². The molecule has 0 aromatic heterocycles. The highest BCUT2D eigenvalue weighted by atomic mass is 32.2. The van der Waals surface area contributed by atoms with Crippen molar-refractivity contribution in [2.45, 2.75) is 13.8 Å². The molecule has 0 unspecified atom stereocenters. The lowest BCUT2D eigenvalue weighted by Crippen LogP contribution is -2.28. The minimum atomic E-state index is -0.0123. The molecule has 1 fully saturated rings. The summed E-state index contributed by atoms with van der Waals surface area (Å²) in [4.78, 5) is 19.7. The number of aliphatic imine (C=N–C) groups is 1. The predicted octanol–water partition coefficient (Wildman–Crippen LogP) is 4.63. The number of thioether (sulfide) groups is 1. The number of carbonyl (C=O) groups is 1. The van der Waals surface area contributed by atoms with Crippen LogP contribution >= 0.6 is 11.8 Å². The SMILES string of the molecule is CCN1C(=O)/C(=C\c2ccc(C)c(OC)c2)SC1=Nc1ccccc1. The number of nitrogens with zero attached hydrogens (tertiary/aromatic N) is 2. The largest absolute Gasteiger partial charge is 0.496 e. The van der Waals surface area contributed by atoms with Crippen LogP contribution in [0.25, 0.3) is 6.08 Å². The molecule has 0 saturated carbocycles. The van der Waals surface area contributed by atoms with E-state index in [1.165, 1.54) is 11.8 Å². The zero-order valence-electron chi connectivity index (χ0n) is 14.5. The average Bonchev–Trinajstić information content (AvgIpc) is 2.92. The van der Waals surface area contributed by atoms with Gasteiger partial charge >= 0.3 is 0 Å². The van der Waals surface area contributed by atoms with E-state index < -0.39 is 0 Å². The summed E-state index contributed by atoms with van der Waals surface area (Å²) in [6.07, 6.45) is 1.89. The molecule has 0 atom stereocenters. The zero-order chi connectivity index (χ0) is 17.8. The van der Waals surface area contributed by atoms with Crippen molar-refractivity contribution in [2.75, 3.05) is 13.7 Å². The van der Waals surface area contributed by atoms with E-state index in [-0.39, 0.29) is 5.91 Å². The molecule has 0 radical (unpaired) electrons. The molecule has 1 aliphatic rings. The number of methoxy groups -OCH3 is 1. The van der Waals surface area contributed by atoms with Crippen LogP contribution in [0.4, 0.5) is 5.69 Å². The topological polar surface area (TPSA) is 41.9 Å². The number of ether oxygens (including phenoxy) is 1. The van der Waals surface area contributed by atoms with Crippen molar-refractivity contribution in [1.29, 1.82) is 0 Å². The third kappa shape index (κ3) is 3.77. The molecule has 0 bridgehead atoms. The summed E-state index contributed by atoms with van der Waals surface area (Å²) in [6, 6.07) is 15.6. The van der Waals surface area contributed by atoms with Crippen molar-refractivity contribution in [3.8, 4) is 5.75 Å². The summed E-state index contributed by atoms with van der Waals surface area (Å²) in [7, 11) is 1.65. The summed E-state index contributed by atoms with van der Waals surface area (Å²) in [5.41, 5.74) is 2.85. The molecule has 2 aromatic carbocycles. The first-order valence-electron chi connectivity index (χ1n) is 8.12. The maximum Gasteiger partial charge on any atom is 0.266 e. The smallest absolute Gasteiger partial charge is 0.266 e. The van der Waals surface area contributed by atoms with E-state index in [9.17, 15) is 4.79 Å². The fourth-order valence-corrected chi connectivity index (χ4v) is 3.62. The number of hydrogen-bond acceptors (Lipinski definition) is 4. The highest BCUT2D eigenvalue weighted by molar-refractivity contribution is 8.18. The lowest BCUT2D eigenvalue weighted by molar-refractivity contribution is -0.122. The van der Waals surface area contributed by atoms with Crippen LogP contribution in [0, 0.1) is 6.92 Å². The van der Waals surface area contributed by atoms with Crippen LogP contribution in [-0.2, 0) is 4.79 Å². The van der Waals surface area contributed by atoms with Gasteiger partial charge in [0.05, 0.1) is 17.7 Å². The second kappa shape index (κ2) is 7.57. The zero-order valence-corrected chi connectivity index (χ0v) is 15.3. The van der Waals surface area contributed by atoms with Crippen LogP contribution in [-0.4, -0.2) is 29.6 Å². The first-order chi connectivity index (χ1) is 12.1. The van der Waals surface area contributed by atoms with Gasteiger partial charge in [0, 0.05) is 6.54 Å². The van der Waals surface area contributed by atoms with Gasteiger partial charge in [0.1, 0.15) is 5.75 Å². The Balaban J connectivity index is 1.93. The van der Waals surface area contributed by atoms with Crippen molar-refractivity contribution in [2.24, 2.45) is 4.99 Å². The minimum Gasteiger partial charge on any atom is -0.496 e. The summed E-state index contributed by atoms with van der Waals surface area (Å²) in [6.45, 7) is 4.54. The molecule has 5 heteroatoms. The maximum atomic E-state index is 12.7. The van der Waals surface area contributed by atoms with Crippen LogP contribution < -0.4 is 4.74 Å². The first-order valence-corrected chi connectivity index (χ1v) is 8.94. The van der Waals surface area contributed by atoms with Crippen molar-refractivity contribution in [1.82, 2.24) is 4.90 Å². The van der Waals surface area contributed by atoms with Gasteiger partial charge in [0.25, 0.3) is 5.91 Å². The lowest BCUT2D eigenvalue weighted by atomic mass is 10.1. The number of para-hydroxylation sites is 1. The van der Waals surface area contributed by atoms with Crippen molar-refractivity contribution in [3.05, 3.63) is 64.6 Å². The Kier molecular flexibility index (Phi) is 5.24. The molecule has 1 saturated heterocycles. The molecule has 1 amide bonds. The van der Waals surface area contributed by atoms with Gasteiger partial charge < -0.3 is 4.74 Å². The Labute approximate surface area is 152 Å². The molecular formula is C20H20N2O2S. The highest BCUT2D eigenvalue weighted by Crippen LogP contribution is 2.34. The van der Waals surface area contributed by atoms with Gasteiger partial charge in [0.15, 0.2) is 5.17 Å². The van der Waals surface area contributed by atoms with Gasteiger partial charge in [0.2, 0.25) is 0 Å². The van der Waals surface area contributed by atoms with E-state index in [4.69, 9.17) is 4.74 Å². The number of rotatable bonds is 4. The number of amidine groups is 1. The van der Waals surface area contributed by atoms with E-state index in [1.54, 1.807) is 12.0 Å². The predicted molar refractivity (Wildman–Crippen MR) is 104 cm³/mol. The molecule has 4 nitrogen and oxygen atoms in total. The molecule has 0 aliphatic carbocycles. The standard InChI is InChI=1S/C20H20N2O2S/c1-4-22-19(23)18(13-15-11-10-14(2)17(12-15)24-3)25-20(22)21-16-8-6-5-7-9-16/h5-13H,4H2,1-3H3/b18-13+,21-20?. The van der Waals surface area contributed by atoms with E-state index in [0.29, 0.717) is 16.6 Å². The lowest BCUT2D eigenvalue weighted by Gasteiger charge is -2.11. The van der Waals surface area contributed by atoms with Crippen molar-refractivity contribution in [3.63, 3.8) is 0 Å². The van der Waals surface area contributed by atoms with Crippen LogP contribution in [0.5, 0.6) is 5.75 Å². The van der Waals surface area contributed by atoms with Gasteiger partial charge in [-0.3, -0.25) is 9.69 Å². The van der Waals surface area contributed by atoms with E-state index in [1.807, 2.05) is 68.5 Å². The minimum absolute atomic E-state index is 0.0123. The van der Waals surface area contributed by atoms with Crippen LogP contribution in [0.2, 0.25) is 0 Å². The number of amides is 1. The van der Waals surface area contributed by atoms with Crippen molar-refractivity contribution < 1.29 is 9.53 Å². The molecule has 2 aromatic rings. The number of aryl methyl sites for hydroxylation is 1. The van der Waals surface area contributed by atoms with Crippen LogP contribution in [0.15, 0.2) is 58.4 Å². The van der Waals surface area contributed by atoms with Gasteiger partial charge in [-0.25, -0.2) is 4.99 Å². The quantitative estimate of drug-likeness (QED) is 0.754. The van der Waals surface area contributed by atoms with E-state index >= 15 is 0 Å². The highest BCUT2D eigenvalue weighted by Gasteiger charge is 2.32. The summed E-state index contributed by atoms with van der Waals surface area (Å²) in [5.74, 6) is 0.803. The fraction of sp³-hybridized carbons (Fsp3) is 0.200. The molecule has 1 heterocycles. The Morgan fingerprint density at radius 3 is 2.64 bits per heavy atom. The molecule has 128 valence electrons. The van der Waals surface area contributed by atoms with Crippen LogP contribution in [0.3, 0.4) is 0 Å². The Hall–Kier alpha value is -2.53. The molecule has 0 N–H and O–H groups in total.